The highest BCUT2D eigenvalue weighted by Gasteiger charge is 2.16. The molecule has 2 atom stereocenters. The van der Waals surface area contributed by atoms with Crippen LogP contribution in [-0.4, -0.2) is 44.7 Å². The first-order chi connectivity index (χ1) is 15.0. The van der Waals surface area contributed by atoms with Gasteiger partial charge in [-0.1, -0.05) is 48.9 Å². The van der Waals surface area contributed by atoms with E-state index in [1.54, 1.807) is 7.05 Å². The van der Waals surface area contributed by atoms with Gasteiger partial charge in [0.05, 0.1) is 6.10 Å². The number of halogens is 1. The number of rotatable bonds is 8. The molecule has 0 saturated carbocycles. The molecule has 174 valence electrons. The fourth-order valence-electron chi connectivity index (χ4n) is 3.61. The molecule has 0 aliphatic carbocycles. The van der Waals surface area contributed by atoms with Crippen LogP contribution >= 0.6 is 24.0 Å². The van der Waals surface area contributed by atoms with Crippen LogP contribution in [0.2, 0.25) is 0 Å². The topological polar surface area (TPSA) is 74.8 Å². The van der Waals surface area contributed by atoms with E-state index >= 15 is 0 Å². The number of carbonyl (C=O) groups excluding carboxylic acids is 1. The van der Waals surface area contributed by atoms with Gasteiger partial charge in [-0.3, -0.25) is 9.79 Å². The van der Waals surface area contributed by atoms with Crippen LogP contribution in [0.4, 0.5) is 0 Å². The van der Waals surface area contributed by atoms with Crippen LogP contribution in [0.25, 0.3) is 0 Å². The summed E-state index contributed by atoms with van der Waals surface area (Å²) < 4.78 is 5.57. The van der Waals surface area contributed by atoms with Crippen LogP contribution in [0.3, 0.4) is 0 Å². The molecule has 3 rings (SSSR count). The van der Waals surface area contributed by atoms with E-state index in [1.165, 1.54) is 11.1 Å². The van der Waals surface area contributed by atoms with Crippen molar-refractivity contribution in [2.45, 2.75) is 45.3 Å². The zero-order chi connectivity index (χ0) is 22.1. The highest BCUT2D eigenvalue weighted by Crippen LogP contribution is 2.15. The van der Waals surface area contributed by atoms with E-state index in [2.05, 4.69) is 59.1 Å². The maximum Gasteiger partial charge on any atom is 0.251 e. The lowest BCUT2D eigenvalue weighted by molar-refractivity contribution is 0.0857. The van der Waals surface area contributed by atoms with Gasteiger partial charge in [-0.25, -0.2) is 0 Å². The molecule has 0 aromatic heterocycles. The van der Waals surface area contributed by atoms with Gasteiger partial charge >= 0.3 is 0 Å². The first-order valence-electron chi connectivity index (χ1n) is 11.0. The Balaban J connectivity index is 0.00000363. The highest BCUT2D eigenvalue weighted by molar-refractivity contribution is 14.0. The maximum absolute atomic E-state index is 12.5. The lowest BCUT2D eigenvalue weighted by Crippen LogP contribution is -2.38. The summed E-state index contributed by atoms with van der Waals surface area (Å²) >= 11 is 0. The molecule has 7 heteroatoms. The van der Waals surface area contributed by atoms with Crippen molar-refractivity contribution < 1.29 is 9.53 Å². The Morgan fingerprint density at radius 1 is 1.16 bits per heavy atom. The highest BCUT2D eigenvalue weighted by atomic mass is 127. The number of amides is 1. The summed E-state index contributed by atoms with van der Waals surface area (Å²) in [4.78, 5) is 16.8. The zero-order valence-corrected chi connectivity index (χ0v) is 21.5. The van der Waals surface area contributed by atoms with Crippen LogP contribution in [0.5, 0.6) is 0 Å². The molecule has 2 aromatic rings. The zero-order valence-electron chi connectivity index (χ0n) is 19.2. The third kappa shape index (κ3) is 8.09. The Morgan fingerprint density at radius 2 is 1.94 bits per heavy atom. The van der Waals surface area contributed by atoms with E-state index < -0.39 is 0 Å². The van der Waals surface area contributed by atoms with Gasteiger partial charge in [0.25, 0.3) is 5.91 Å². The van der Waals surface area contributed by atoms with Crippen molar-refractivity contribution in [1.29, 1.82) is 0 Å². The second-order valence-corrected chi connectivity index (χ2v) is 8.16. The molecule has 32 heavy (non-hydrogen) atoms. The number of aliphatic imine (C=N–C) groups is 1. The molecule has 3 N–H and O–H groups in total. The van der Waals surface area contributed by atoms with Crippen LogP contribution < -0.4 is 16.0 Å². The van der Waals surface area contributed by atoms with E-state index in [0.29, 0.717) is 24.6 Å². The van der Waals surface area contributed by atoms with Gasteiger partial charge in [-0.2, -0.15) is 0 Å². The quantitative estimate of drug-likeness (QED) is 0.264. The van der Waals surface area contributed by atoms with Gasteiger partial charge in [-0.05, 0) is 48.9 Å². The largest absolute Gasteiger partial charge is 0.376 e. The summed E-state index contributed by atoms with van der Waals surface area (Å²) in [5.74, 6) is 1.05. The van der Waals surface area contributed by atoms with Gasteiger partial charge in [-0.15, -0.1) is 24.0 Å². The normalized spacial score (nSPS) is 16.7. The standard InChI is InChI=1S/C25H34N4O2.HI/c1-18-9-11-21(12-10-18)19(2)15-28-25(26-3)29-16-20-6-4-7-22(14-20)24(30)27-17-23-8-5-13-31-23;/h4,6-7,9-12,14,19,23H,5,8,13,15-17H2,1-3H3,(H,27,30)(H2,26,28,29);1H. The number of carbonyl (C=O) groups is 1. The molecular formula is C25H35IN4O2. The molecule has 0 spiro atoms. The number of guanidine groups is 1. The number of aryl methyl sites for hydroxylation is 1. The molecule has 1 aliphatic heterocycles. The lowest BCUT2D eigenvalue weighted by Gasteiger charge is -2.17. The van der Waals surface area contributed by atoms with E-state index in [9.17, 15) is 4.79 Å². The molecule has 0 radical (unpaired) electrons. The SMILES string of the molecule is CN=C(NCc1cccc(C(=O)NCC2CCCO2)c1)NCC(C)c1ccc(C)cc1.I. The summed E-state index contributed by atoms with van der Waals surface area (Å²) in [6.45, 7) is 7.03. The predicted molar refractivity (Wildman–Crippen MR) is 141 cm³/mol. The second kappa shape index (κ2) is 13.4. The number of ether oxygens (including phenoxy) is 1. The molecular weight excluding hydrogens is 515 g/mol. The molecule has 1 heterocycles. The minimum absolute atomic E-state index is 0. The molecule has 2 unspecified atom stereocenters. The first kappa shape index (κ1) is 26.1. The molecule has 0 bridgehead atoms. The summed E-state index contributed by atoms with van der Waals surface area (Å²) in [5.41, 5.74) is 4.26. The number of nitrogens with one attached hydrogen (secondary N) is 3. The lowest BCUT2D eigenvalue weighted by atomic mass is 10.0. The maximum atomic E-state index is 12.5. The van der Waals surface area contributed by atoms with E-state index in [-0.39, 0.29) is 36.0 Å². The van der Waals surface area contributed by atoms with Crippen molar-refractivity contribution in [1.82, 2.24) is 16.0 Å². The van der Waals surface area contributed by atoms with Crippen molar-refractivity contribution in [3.8, 4) is 0 Å². The Bertz CT molecular complexity index is 880. The van der Waals surface area contributed by atoms with Gasteiger partial charge in [0.15, 0.2) is 5.96 Å². The predicted octanol–water partition coefficient (Wildman–Crippen LogP) is 3.99. The molecule has 1 saturated heterocycles. The Hall–Kier alpha value is -2.13. The minimum atomic E-state index is -0.0632. The fraction of sp³-hybridized carbons (Fsp3) is 0.440. The summed E-state index contributed by atoms with van der Waals surface area (Å²) in [7, 11) is 1.76. The second-order valence-electron chi connectivity index (χ2n) is 8.16. The number of hydrogen-bond donors (Lipinski definition) is 3. The molecule has 1 fully saturated rings. The van der Waals surface area contributed by atoms with E-state index in [1.807, 2.05) is 24.3 Å². The fourth-order valence-corrected chi connectivity index (χ4v) is 3.61. The average molecular weight is 550 g/mol. The number of benzene rings is 2. The van der Waals surface area contributed by atoms with Crippen molar-refractivity contribution in [2.75, 3.05) is 26.7 Å². The summed E-state index contributed by atoms with van der Waals surface area (Å²) in [5, 5.41) is 9.69. The Labute approximate surface area is 208 Å². The van der Waals surface area contributed by atoms with Crippen molar-refractivity contribution >= 4 is 35.8 Å². The Morgan fingerprint density at radius 3 is 2.62 bits per heavy atom. The van der Waals surface area contributed by atoms with Crippen molar-refractivity contribution in [2.24, 2.45) is 4.99 Å². The summed E-state index contributed by atoms with van der Waals surface area (Å²) in [6.07, 6.45) is 2.23. The van der Waals surface area contributed by atoms with Gasteiger partial charge in [0, 0.05) is 38.9 Å². The average Bonchev–Trinajstić information content (AvgIpc) is 3.32. The minimum Gasteiger partial charge on any atom is -0.376 e. The third-order valence-electron chi connectivity index (χ3n) is 5.61. The molecule has 1 amide bonds. The molecule has 2 aromatic carbocycles. The van der Waals surface area contributed by atoms with Crippen molar-refractivity contribution in [3.05, 3.63) is 70.8 Å². The van der Waals surface area contributed by atoms with E-state index in [0.717, 1.165) is 37.5 Å². The number of nitrogens with zero attached hydrogens (tertiary/aromatic N) is 1. The van der Waals surface area contributed by atoms with Crippen molar-refractivity contribution in [3.63, 3.8) is 0 Å². The number of hydrogen-bond acceptors (Lipinski definition) is 3. The Kier molecular flexibility index (Phi) is 11.0. The molecule has 1 aliphatic rings. The summed E-state index contributed by atoms with van der Waals surface area (Å²) in [6, 6.07) is 16.3. The van der Waals surface area contributed by atoms with Gasteiger partial charge in [0.1, 0.15) is 0 Å². The van der Waals surface area contributed by atoms with Crippen LogP contribution in [0.15, 0.2) is 53.5 Å². The van der Waals surface area contributed by atoms with E-state index in [4.69, 9.17) is 4.74 Å². The van der Waals surface area contributed by atoms with Crippen LogP contribution in [0, 0.1) is 6.92 Å². The van der Waals surface area contributed by atoms with Crippen LogP contribution in [-0.2, 0) is 11.3 Å². The van der Waals surface area contributed by atoms with Gasteiger partial charge < -0.3 is 20.7 Å². The molecule has 6 nitrogen and oxygen atoms in total. The first-order valence-corrected chi connectivity index (χ1v) is 11.0. The smallest absolute Gasteiger partial charge is 0.251 e. The third-order valence-corrected chi connectivity index (χ3v) is 5.61. The van der Waals surface area contributed by atoms with Crippen LogP contribution in [0.1, 0.15) is 52.7 Å². The van der Waals surface area contributed by atoms with Gasteiger partial charge in [0.2, 0.25) is 0 Å². The monoisotopic (exact) mass is 550 g/mol.